The van der Waals surface area contributed by atoms with E-state index in [1.54, 1.807) is 54.6 Å². The number of rotatable bonds is 5. The largest absolute Gasteiger partial charge is 0.457 e. The maximum absolute atomic E-state index is 13.3. The van der Waals surface area contributed by atoms with E-state index in [-0.39, 0.29) is 20.5 Å². The van der Waals surface area contributed by atoms with E-state index in [9.17, 15) is 25.0 Å². The molecule has 0 atom stereocenters. The van der Waals surface area contributed by atoms with Crippen LogP contribution < -0.4 is 20.1 Å². The number of benzene rings is 2. The second kappa shape index (κ2) is 9.40. The predicted octanol–water partition coefficient (Wildman–Crippen LogP) is 2.32. The van der Waals surface area contributed by atoms with Crippen LogP contribution in [0.2, 0.25) is 0 Å². The quantitative estimate of drug-likeness (QED) is 0.350. The molecule has 1 amide bonds. The Kier molecular flexibility index (Phi) is 6.20. The van der Waals surface area contributed by atoms with E-state index in [0.717, 1.165) is 11.3 Å². The number of thiazole rings is 1. The highest BCUT2D eigenvalue weighted by Crippen LogP contribution is 2.24. The highest BCUT2D eigenvalue weighted by Gasteiger charge is 2.16. The number of para-hydroxylation sites is 1. The molecule has 0 saturated carbocycles. The Hall–Kier alpha value is -4.75. The summed E-state index contributed by atoms with van der Waals surface area (Å²) in [7, 11) is 1.41. The summed E-state index contributed by atoms with van der Waals surface area (Å²) in [6, 6.07) is 19.9. The zero-order valence-corrected chi connectivity index (χ0v) is 18.5. The average molecular weight is 472 g/mol. The van der Waals surface area contributed by atoms with Gasteiger partial charge in [-0.3, -0.25) is 24.3 Å². The zero-order chi connectivity index (χ0) is 24.2. The number of nitro benzene ring substituents is 1. The van der Waals surface area contributed by atoms with Crippen molar-refractivity contribution >= 4 is 34.6 Å². The van der Waals surface area contributed by atoms with Gasteiger partial charge in [-0.05, 0) is 36.4 Å². The van der Waals surface area contributed by atoms with Crippen molar-refractivity contribution in [1.82, 2.24) is 9.88 Å². The minimum atomic E-state index is -0.599. The molecule has 4 rings (SSSR count). The number of carbonyl (C=O) groups is 1. The first-order valence-electron chi connectivity index (χ1n) is 9.93. The van der Waals surface area contributed by atoms with Crippen molar-refractivity contribution in [2.24, 2.45) is 0 Å². The van der Waals surface area contributed by atoms with Crippen LogP contribution >= 0.6 is 11.3 Å². The number of aromatic nitrogens is 1. The summed E-state index contributed by atoms with van der Waals surface area (Å²) in [5.74, 6) is 0.242. The molecule has 2 aromatic carbocycles. The van der Waals surface area contributed by atoms with Crippen LogP contribution in [-0.2, 0) is 4.79 Å². The molecule has 10 heteroatoms. The first-order chi connectivity index (χ1) is 16.4. The Morgan fingerprint density at radius 3 is 2.47 bits per heavy atom. The molecule has 0 unspecified atom stereocenters. The van der Waals surface area contributed by atoms with Gasteiger partial charge in [0.05, 0.1) is 15.1 Å². The molecule has 4 aromatic rings. The lowest BCUT2D eigenvalue weighted by molar-refractivity contribution is -0.384. The molecule has 0 bridgehead atoms. The third-order valence-electron chi connectivity index (χ3n) is 4.88. The van der Waals surface area contributed by atoms with Crippen molar-refractivity contribution in [3.63, 3.8) is 0 Å². The van der Waals surface area contributed by atoms with E-state index in [1.165, 1.54) is 29.8 Å². The first kappa shape index (κ1) is 22.4. The maximum atomic E-state index is 13.3. The molecule has 0 saturated heterocycles. The number of hydrogen-bond acceptors (Lipinski definition) is 7. The van der Waals surface area contributed by atoms with Crippen LogP contribution in [0, 0.1) is 21.4 Å². The molecule has 0 aliphatic carbocycles. The van der Waals surface area contributed by atoms with Crippen LogP contribution in [0.3, 0.4) is 0 Å². The Morgan fingerprint density at radius 2 is 1.85 bits per heavy atom. The summed E-state index contributed by atoms with van der Waals surface area (Å²) in [4.78, 5) is 35.9. The summed E-state index contributed by atoms with van der Waals surface area (Å²) in [5.41, 5.74) is 0.533. The molecular weight excluding hydrogens is 456 g/mol. The monoisotopic (exact) mass is 472 g/mol. The van der Waals surface area contributed by atoms with Gasteiger partial charge in [0.15, 0.2) is 5.57 Å². The van der Waals surface area contributed by atoms with Gasteiger partial charge in [-0.25, -0.2) is 0 Å². The van der Waals surface area contributed by atoms with E-state index in [1.807, 2.05) is 6.07 Å². The number of non-ortho nitro benzene ring substituents is 1. The van der Waals surface area contributed by atoms with Crippen LogP contribution in [0.4, 0.5) is 5.69 Å². The van der Waals surface area contributed by atoms with E-state index < -0.39 is 16.4 Å². The maximum Gasteiger partial charge on any atom is 0.273 e. The molecule has 1 N–H and O–H groups in total. The average Bonchev–Trinajstić information content (AvgIpc) is 3.45. The van der Waals surface area contributed by atoms with Gasteiger partial charge in [-0.15, -0.1) is 11.3 Å². The highest BCUT2D eigenvalue weighted by atomic mass is 32.1. The number of hydrogen-bond donors (Lipinski definition) is 1. The Labute approximate surface area is 196 Å². The van der Waals surface area contributed by atoms with Gasteiger partial charge in [0.1, 0.15) is 22.3 Å². The third kappa shape index (κ3) is 4.28. The van der Waals surface area contributed by atoms with Crippen molar-refractivity contribution in [3.05, 3.63) is 102 Å². The molecule has 0 aliphatic heterocycles. The SMILES string of the molecule is CNC(=O)C(C#N)=c1sc(=Cc2ccc(-c3ccc([N+](=O)[O-])cc3)o2)c(=O)n1-c1ccccc1. The summed E-state index contributed by atoms with van der Waals surface area (Å²) >= 11 is 1.00. The van der Waals surface area contributed by atoms with Gasteiger partial charge >= 0.3 is 0 Å². The molecule has 2 aromatic heterocycles. The van der Waals surface area contributed by atoms with Crippen molar-refractivity contribution in [2.75, 3.05) is 7.05 Å². The highest BCUT2D eigenvalue weighted by molar-refractivity contribution is 7.07. The van der Waals surface area contributed by atoms with E-state index in [4.69, 9.17) is 4.42 Å². The van der Waals surface area contributed by atoms with Crippen molar-refractivity contribution in [1.29, 1.82) is 5.26 Å². The van der Waals surface area contributed by atoms with Crippen LogP contribution in [0.1, 0.15) is 5.76 Å². The van der Waals surface area contributed by atoms with Gasteiger partial charge < -0.3 is 9.73 Å². The van der Waals surface area contributed by atoms with Crippen LogP contribution in [0.15, 0.2) is 75.9 Å². The third-order valence-corrected chi connectivity index (χ3v) is 5.97. The molecular formula is C24H16N4O5S. The number of amides is 1. The fraction of sp³-hybridized carbons (Fsp3) is 0.0417. The van der Waals surface area contributed by atoms with Crippen molar-refractivity contribution < 1.29 is 14.1 Å². The Balaban J connectivity index is 1.87. The topological polar surface area (TPSA) is 131 Å². The van der Waals surface area contributed by atoms with E-state index >= 15 is 0 Å². The summed E-state index contributed by atoms with van der Waals surface area (Å²) in [6.07, 6.45) is 1.53. The molecule has 0 fully saturated rings. The van der Waals surface area contributed by atoms with Gasteiger partial charge in [0.25, 0.3) is 17.2 Å². The van der Waals surface area contributed by atoms with Crippen molar-refractivity contribution in [3.8, 4) is 23.1 Å². The number of nitriles is 1. The number of nitrogens with zero attached hydrogens (tertiary/aromatic N) is 3. The molecule has 0 radical (unpaired) electrons. The minimum absolute atomic E-state index is 0.0321. The second-order valence-electron chi connectivity index (χ2n) is 6.96. The summed E-state index contributed by atoms with van der Waals surface area (Å²) < 4.78 is 7.61. The molecule has 9 nitrogen and oxygen atoms in total. The molecule has 0 aliphatic rings. The number of nitrogens with one attached hydrogen (secondary N) is 1. The predicted molar refractivity (Wildman–Crippen MR) is 127 cm³/mol. The molecule has 2 heterocycles. The Morgan fingerprint density at radius 1 is 1.15 bits per heavy atom. The zero-order valence-electron chi connectivity index (χ0n) is 17.7. The second-order valence-corrected chi connectivity index (χ2v) is 7.99. The summed E-state index contributed by atoms with van der Waals surface area (Å²) in [6.45, 7) is 0. The van der Waals surface area contributed by atoms with Gasteiger partial charge in [-0.2, -0.15) is 5.26 Å². The number of furan rings is 1. The van der Waals surface area contributed by atoms with Gasteiger partial charge in [0.2, 0.25) is 0 Å². The minimum Gasteiger partial charge on any atom is -0.457 e. The van der Waals surface area contributed by atoms with Crippen molar-refractivity contribution in [2.45, 2.75) is 0 Å². The van der Waals surface area contributed by atoms with E-state index in [2.05, 4.69) is 5.32 Å². The lowest BCUT2D eigenvalue weighted by atomic mass is 10.1. The smallest absolute Gasteiger partial charge is 0.273 e. The lowest BCUT2D eigenvalue weighted by Gasteiger charge is -2.02. The summed E-state index contributed by atoms with van der Waals surface area (Å²) in [5, 5.41) is 22.9. The van der Waals surface area contributed by atoms with Gasteiger partial charge in [0, 0.05) is 30.8 Å². The molecule has 34 heavy (non-hydrogen) atoms. The lowest BCUT2D eigenvalue weighted by Crippen LogP contribution is -2.33. The Bertz CT molecular complexity index is 1610. The first-order valence-corrected chi connectivity index (χ1v) is 10.7. The van der Waals surface area contributed by atoms with Crippen LogP contribution in [0.25, 0.3) is 28.7 Å². The van der Waals surface area contributed by atoms with E-state index in [0.29, 0.717) is 22.8 Å². The number of nitro groups is 1. The number of carbonyl (C=O) groups excluding carboxylic acids is 1. The standard InChI is InChI=1S/C24H16N4O5S/c1-26-22(29)19(14-25)24-27(16-5-3-2-4-6-16)23(30)21(34-24)13-18-11-12-20(33-18)15-7-9-17(10-8-15)28(31)32/h2-13H,1H3,(H,26,29). The van der Waals surface area contributed by atoms with Crippen LogP contribution in [0.5, 0.6) is 0 Å². The van der Waals surface area contributed by atoms with Gasteiger partial charge in [-0.1, -0.05) is 18.2 Å². The fourth-order valence-electron chi connectivity index (χ4n) is 3.24. The fourth-order valence-corrected chi connectivity index (χ4v) is 4.33. The molecule has 0 spiro atoms. The molecule has 168 valence electrons. The van der Waals surface area contributed by atoms with Crippen LogP contribution in [-0.4, -0.2) is 22.4 Å². The normalized spacial score (nSPS) is 12.2.